The van der Waals surface area contributed by atoms with E-state index in [1.165, 1.54) is 6.92 Å². The summed E-state index contributed by atoms with van der Waals surface area (Å²) in [6.07, 6.45) is -0.278. The van der Waals surface area contributed by atoms with Crippen molar-refractivity contribution in [3.05, 3.63) is 0 Å². The van der Waals surface area contributed by atoms with Gasteiger partial charge in [0.25, 0.3) is 0 Å². The molecule has 7 heavy (non-hydrogen) atoms. The highest BCUT2D eigenvalue weighted by atomic mass is 19.1. The lowest BCUT2D eigenvalue weighted by atomic mass is 10.2. The van der Waals surface area contributed by atoms with E-state index in [1.54, 1.807) is 6.92 Å². The van der Waals surface area contributed by atoms with Crippen LogP contribution >= 0.6 is 0 Å². The van der Waals surface area contributed by atoms with Gasteiger partial charge in [-0.25, -0.2) is 4.39 Å². The second-order valence-electron chi connectivity index (χ2n) is 1.99. The summed E-state index contributed by atoms with van der Waals surface area (Å²) in [5.74, 6) is 0. The van der Waals surface area contributed by atoms with E-state index < -0.39 is 6.17 Å². The Kier molecular flexibility index (Phi) is 2.92. The molecule has 0 heterocycles. The molecule has 2 unspecified atom stereocenters. The van der Waals surface area contributed by atoms with Crippen molar-refractivity contribution in [1.82, 2.24) is 0 Å². The zero-order chi connectivity index (χ0) is 5.86. The Balaban J connectivity index is 2.95. The van der Waals surface area contributed by atoms with Gasteiger partial charge < -0.3 is 5.73 Å². The molecule has 0 rings (SSSR count). The molecular weight excluding hydrogens is 93.1 g/mol. The number of halogens is 1. The summed E-state index contributed by atoms with van der Waals surface area (Å²) in [7, 11) is 0. The quantitative estimate of drug-likeness (QED) is 0.558. The molecule has 0 aliphatic heterocycles. The fourth-order valence-electron chi connectivity index (χ4n) is 0.512. The van der Waals surface area contributed by atoms with Gasteiger partial charge in [0.1, 0.15) is 0 Å². The first kappa shape index (κ1) is 6.89. The highest BCUT2D eigenvalue weighted by Crippen LogP contribution is 1.96. The van der Waals surface area contributed by atoms with Crippen molar-refractivity contribution in [3.8, 4) is 0 Å². The van der Waals surface area contributed by atoms with Gasteiger partial charge in [0.05, 0.1) is 6.17 Å². The first-order valence-electron chi connectivity index (χ1n) is 2.52. The Morgan fingerprint density at radius 3 is 2.00 bits per heavy atom. The van der Waals surface area contributed by atoms with Crippen LogP contribution in [0.25, 0.3) is 0 Å². The second-order valence-corrected chi connectivity index (χ2v) is 1.99. The van der Waals surface area contributed by atoms with Crippen molar-refractivity contribution in [2.75, 3.05) is 0 Å². The molecule has 0 aliphatic rings. The van der Waals surface area contributed by atoms with Crippen LogP contribution in [0, 0.1) is 0 Å². The summed E-state index contributed by atoms with van der Waals surface area (Å²) in [6.45, 7) is 3.32. The van der Waals surface area contributed by atoms with Gasteiger partial charge in [-0.1, -0.05) is 0 Å². The van der Waals surface area contributed by atoms with Gasteiger partial charge >= 0.3 is 0 Å². The average Bonchev–Trinajstić information content (AvgIpc) is 1.27. The molecule has 0 bridgehead atoms. The fraction of sp³-hybridized carbons (Fsp3) is 1.00. The summed E-state index contributed by atoms with van der Waals surface area (Å²) in [5, 5.41) is 0. The molecule has 0 saturated carbocycles. The number of hydrogen-bond acceptors (Lipinski definition) is 1. The van der Waals surface area contributed by atoms with Crippen LogP contribution < -0.4 is 5.73 Å². The molecular formula is C5H12FN. The first-order valence-corrected chi connectivity index (χ1v) is 2.52. The van der Waals surface area contributed by atoms with E-state index in [0.717, 1.165) is 0 Å². The Morgan fingerprint density at radius 1 is 1.57 bits per heavy atom. The van der Waals surface area contributed by atoms with E-state index in [2.05, 4.69) is 0 Å². The summed E-state index contributed by atoms with van der Waals surface area (Å²) >= 11 is 0. The SMILES string of the molecule is CC(N)CC(C)F. The maximum absolute atomic E-state index is 11.9. The van der Waals surface area contributed by atoms with Gasteiger partial charge in [-0.05, 0) is 20.3 Å². The molecule has 0 amide bonds. The molecule has 2 N–H and O–H groups in total. The minimum atomic E-state index is -0.750. The van der Waals surface area contributed by atoms with Crippen LogP contribution in [-0.4, -0.2) is 12.2 Å². The fourth-order valence-corrected chi connectivity index (χ4v) is 0.512. The zero-order valence-electron chi connectivity index (χ0n) is 4.82. The van der Waals surface area contributed by atoms with Gasteiger partial charge in [-0.15, -0.1) is 0 Å². The third-order valence-electron chi connectivity index (χ3n) is 0.697. The van der Waals surface area contributed by atoms with Crippen molar-refractivity contribution in [2.45, 2.75) is 32.5 Å². The van der Waals surface area contributed by atoms with Gasteiger partial charge in [0, 0.05) is 6.04 Å². The molecule has 0 aromatic heterocycles. The lowest BCUT2D eigenvalue weighted by molar-refractivity contribution is 0.324. The normalized spacial score (nSPS) is 18.9. The Morgan fingerprint density at radius 2 is 2.00 bits per heavy atom. The predicted molar refractivity (Wildman–Crippen MR) is 28.8 cm³/mol. The van der Waals surface area contributed by atoms with E-state index in [0.29, 0.717) is 6.42 Å². The van der Waals surface area contributed by atoms with Crippen molar-refractivity contribution in [2.24, 2.45) is 5.73 Å². The minimum Gasteiger partial charge on any atom is -0.328 e. The van der Waals surface area contributed by atoms with Crippen LogP contribution in [0.3, 0.4) is 0 Å². The van der Waals surface area contributed by atoms with E-state index >= 15 is 0 Å². The molecule has 0 spiro atoms. The van der Waals surface area contributed by atoms with Crippen molar-refractivity contribution < 1.29 is 4.39 Å². The largest absolute Gasteiger partial charge is 0.328 e. The van der Waals surface area contributed by atoms with Crippen LogP contribution in [0.4, 0.5) is 4.39 Å². The lowest BCUT2D eigenvalue weighted by Crippen LogP contribution is -2.18. The summed E-state index contributed by atoms with van der Waals surface area (Å²) < 4.78 is 11.9. The van der Waals surface area contributed by atoms with Crippen LogP contribution in [0.5, 0.6) is 0 Å². The number of rotatable bonds is 2. The van der Waals surface area contributed by atoms with Gasteiger partial charge in [0.2, 0.25) is 0 Å². The molecule has 0 aliphatic carbocycles. The Hall–Kier alpha value is -0.110. The second kappa shape index (κ2) is 2.97. The summed E-state index contributed by atoms with van der Waals surface area (Å²) in [4.78, 5) is 0. The molecule has 2 heteroatoms. The van der Waals surface area contributed by atoms with Crippen molar-refractivity contribution >= 4 is 0 Å². The average molecular weight is 105 g/mol. The van der Waals surface area contributed by atoms with Crippen LogP contribution in [-0.2, 0) is 0 Å². The maximum atomic E-state index is 11.9. The number of hydrogen-bond donors (Lipinski definition) is 1. The monoisotopic (exact) mass is 105 g/mol. The highest BCUT2D eigenvalue weighted by molar-refractivity contribution is 4.56. The first-order chi connectivity index (χ1) is 3.13. The van der Waals surface area contributed by atoms with Crippen molar-refractivity contribution in [1.29, 1.82) is 0 Å². The Bertz CT molecular complexity index is 37.3. The van der Waals surface area contributed by atoms with Crippen molar-refractivity contribution in [3.63, 3.8) is 0 Å². The molecule has 0 radical (unpaired) electrons. The highest BCUT2D eigenvalue weighted by Gasteiger charge is 1.99. The van der Waals surface area contributed by atoms with E-state index in [1.807, 2.05) is 0 Å². The smallest absolute Gasteiger partial charge is 0.0988 e. The summed E-state index contributed by atoms with van der Waals surface area (Å²) in [5.41, 5.74) is 5.25. The minimum absolute atomic E-state index is 0.000000000000000222. The molecule has 2 atom stereocenters. The molecule has 0 aromatic rings. The van der Waals surface area contributed by atoms with Gasteiger partial charge in [-0.2, -0.15) is 0 Å². The van der Waals surface area contributed by atoms with Crippen LogP contribution in [0.15, 0.2) is 0 Å². The third-order valence-corrected chi connectivity index (χ3v) is 0.697. The molecule has 0 aromatic carbocycles. The maximum Gasteiger partial charge on any atom is 0.0988 e. The molecule has 0 saturated heterocycles. The van der Waals surface area contributed by atoms with Crippen LogP contribution in [0.1, 0.15) is 20.3 Å². The summed E-state index contributed by atoms with van der Waals surface area (Å²) in [6, 6.07) is -0.000000000000000222. The molecule has 1 nitrogen and oxygen atoms in total. The molecule has 0 fully saturated rings. The standard InChI is InChI=1S/C5H12FN/c1-4(6)3-5(2)7/h4-5H,3,7H2,1-2H3. The van der Waals surface area contributed by atoms with E-state index in [9.17, 15) is 4.39 Å². The van der Waals surface area contributed by atoms with E-state index in [4.69, 9.17) is 5.73 Å². The lowest BCUT2D eigenvalue weighted by Gasteiger charge is -2.02. The number of nitrogens with two attached hydrogens (primary N) is 1. The Labute approximate surface area is 43.7 Å². The molecule has 44 valence electrons. The predicted octanol–water partition coefficient (Wildman–Crippen LogP) is 1.08. The van der Waals surface area contributed by atoms with E-state index in [-0.39, 0.29) is 6.04 Å². The van der Waals surface area contributed by atoms with Gasteiger partial charge in [0.15, 0.2) is 0 Å². The third kappa shape index (κ3) is 5.89. The number of alkyl halides is 1. The zero-order valence-corrected chi connectivity index (χ0v) is 4.82. The topological polar surface area (TPSA) is 26.0 Å². The van der Waals surface area contributed by atoms with Gasteiger partial charge in [-0.3, -0.25) is 0 Å². The van der Waals surface area contributed by atoms with Crippen LogP contribution in [0.2, 0.25) is 0 Å².